The maximum absolute atomic E-state index is 11.1. The van der Waals surface area contributed by atoms with Crippen molar-refractivity contribution in [1.82, 2.24) is 15.0 Å². The van der Waals surface area contributed by atoms with Crippen molar-refractivity contribution in [3.05, 3.63) is 50.2 Å². The first kappa shape index (κ1) is 15.1. The minimum atomic E-state index is -0.482. The third kappa shape index (κ3) is 3.43. The predicted octanol–water partition coefficient (Wildman–Crippen LogP) is 2.97. The van der Waals surface area contributed by atoms with Crippen LogP contribution in [0.3, 0.4) is 0 Å². The molecular weight excluding hydrogens is 294 g/mol. The molecule has 0 unspecified atom stereocenters. The van der Waals surface area contributed by atoms with Gasteiger partial charge in [0, 0.05) is 12.7 Å². The largest absolute Gasteiger partial charge is 0.360 e. The minimum Gasteiger partial charge on any atom is -0.360 e. The molecule has 2 aromatic rings. The number of halogens is 1. The maximum Gasteiger partial charge on any atom is 0.332 e. The summed E-state index contributed by atoms with van der Waals surface area (Å²) in [6, 6.07) is 1.74. The quantitative estimate of drug-likeness (QED) is 0.530. The number of nitro groups is 1. The van der Waals surface area contributed by atoms with E-state index in [-0.39, 0.29) is 11.5 Å². The van der Waals surface area contributed by atoms with Gasteiger partial charge in [-0.25, -0.2) is 15.0 Å². The summed E-state index contributed by atoms with van der Waals surface area (Å²) in [5.74, 6) is 0.686. The predicted molar refractivity (Wildman–Crippen MR) is 79.5 cm³/mol. The number of nitrogens with one attached hydrogen (secondary N) is 1. The number of nitrogens with zero attached hydrogens (tertiary/aromatic N) is 4. The first-order valence-corrected chi connectivity index (χ1v) is 6.61. The van der Waals surface area contributed by atoms with Crippen LogP contribution in [0.25, 0.3) is 0 Å². The van der Waals surface area contributed by atoms with Crippen molar-refractivity contribution in [2.24, 2.45) is 0 Å². The number of rotatable bonds is 4. The highest BCUT2D eigenvalue weighted by atomic mass is 35.5. The van der Waals surface area contributed by atoms with Gasteiger partial charge >= 0.3 is 5.69 Å². The Kier molecular flexibility index (Phi) is 4.32. The fourth-order valence-electron chi connectivity index (χ4n) is 1.96. The molecule has 8 heteroatoms. The Bertz CT molecular complexity index is 705. The van der Waals surface area contributed by atoms with Gasteiger partial charge in [0.1, 0.15) is 16.7 Å². The van der Waals surface area contributed by atoms with Gasteiger partial charge in [-0.05, 0) is 38.0 Å². The van der Waals surface area contributed by atoms with E-state index in [2.05, 4.69) is 20.3 Å². The molecule has 0 saturated carbocycles. The zero-order chi connectivity index (χ0) is 15.6. The summed E-state index contributed by atoms with van der Waals surface area (Å²) >= 11 is 5.80. The first-order chi connectivity index (χ1) is 9.88. The summed E-state index contributed by atoms with van der Waals surface area (Å²) in [6.07, 6.45) is 1.64. The molecule has 0 aliphatic rings. The van der Waals surface area contributed by atoms with E-state index in [1.165, 1.54) is 0 Å². The molecule has 0 aliphatic carbocycles. The number of aryl methyl sites for hydroxylation is 3. The summed E-state index contributed by atoms with van der Waals surface area (Å²) in [5, 5.41) is 14.5. The standard InChI is InChI=1S/C13H14ClN5O2/c1-7-4-11(14)15-5-10(7)6-16-13-12(19(20)21)8(2)17-9(3)18-13/h4-5H,6H2,1-3H3,(H,16,17,18). The summed E-state index contributed by atoms with van der Waals surface area (Å²) in [7, 11) is 0. The molecule has 0 bridgehead atoms. The number of anilines is 1. The lowest BCUT2D eigenvalue weighted by atomic mass is 10.1. The molecule has 21 heavy (non-hydrogen) atoms. The Hall–Kier alpha value is -2.28. The van der Waals surface area contributed by atoms with E-state index in [1.54, 1.807) is 26.1 Å². The van der Waals surface area contributed by atoms with Crippen LogP contribution in [0.2, 0.25) is 5.15 Å². The van der Waals surface area contributed by atoms with Crippen molar-refractivity contribution in [1.29, 1.82) is 0 Å². The van der Waals surface area contributed by atoms with Gasteiger partial charge in [-0.3, -0.25) is 10.1 Å². The Balaban J connectivity index is 2.29. The van der Waals surface area contributed by atoms with Crippen molar-refractivity contribution in [3.8, 4) is 0 Å². The Morgan fingerprint density at radius 1 is 1.33 bits per heavy atom. The van der Waals surface area contributed by atoms with E-state index in [0.717, 1.165) is 11.1 Å². The van der Waals surface area contributed by atoms with Crippen LogP contribution in [0.15, 0.2) is 12.3 Å². The van der Waals surface area contributed by atoms with Gasteiger partial charge in [0.15, 0.2) is 0 Å². The van der Waals surface area contributed by atoms with Gasteiger partial charge in [0.2, 0.25) is 5.82 Å². The number of pyridine rings is 1. The van der Waals surface area contributed by atoms with Gasteiger partial charge in [0.05, 0.1) is 4.92 Å². The highest BCUT2D eigenvalue weighted by molar-refractivity contribution is 6.29. The average molecular weight is 308 g/mol. The fraction of sp³-hybridized carbons (Fsp3) is 0.308. The Morgan fingerprint density at radius 2 is 2.05 bits per heavy atom. The van der Waals surface area contributed by atoms with Crippen molar-refractivity contribution < 1.29 is 4.92 Å². The van der Waals surface area contributed by atoms with E-state index < -0.39 is 4.92 Å². The molecule has 0 radical (unpaired) electrons. The SMILES string of the molecule is Cc1nc(C)c([N+](=O)[O-])c(NCc2cnc(Cl)cc2C)n1. The third-order valence-corrected chi connectivity index (χ3v) is 3.19. The highest BCUT2D eigenvalue weighted by Crippen LogP contribution is 2.25. The van der Waals surface area contributed by atoms with Crippen LogP contribution in [0.4, 0.5) is 11.5 Å². The van der Waals surface area contributed by atoms with Crippen LogP contribution < -0.4 is 5.32 Å². The molecule has 0 amide bonds. The van der Waals surface area contributed by atoms with Gasteiger partial charge < -0.3 is 5.32 Å². The molecule has 2 heterocycles. The molecular formula is C13H14ClN5O2. The van der Waals surface area contributed by atoms with Crippen LogP contribution in [0, 0.1) is 30.9 Å². The van der Waals surface area contributed by atoms with E-state index in [4.69, 9.17) is 11.6 Å². The van der Waals surface area contributed by atoms with Crippen molar-refractivity contribution in [2.75, 3.05) is 5.32 Å². The van der Waals surface area contributed by atoms with Crippen molar-refractivity contribution in [2.45, 2.75) is 27.3 Å². The number of hydrogen-bond acceptors (Lipinski definition) is 6. The second-order valence-electron chi connectivity index (χ2n) is 4.60. The average Bonchev–Trinajstić information content (AvgIpc) is 2.36. The molecule has 1 N–H and O–H groups in total. The third-order valence-electron chi connectivity index (χ3n) is 2.98. The molecule has 110 valence electrons. The van der Waals surface area contributed by atoms with Gasteiger partial charge in [-0.15, -0.1) is 0 Å². The molecule has 0 aromatic carbocycles. The lowest BCUT2D eigenvalue weighted by Gasteiger charge is -2.10. The second kappa shape index (κ2) is 6.01. The molecule has 0 atom stereocenters. The summed E-state index contributed by atoms with van der Waals surface area (Å²) in [6.45, 7) is 5.55. The van der Waals surface area contributed by atoms with Crippen molar-refractivity contribution >= 4 is 23.1 Å². The lowest BCUT2D eigenvalue weighted by Crippen LogP contribution is -2.09. The number of hydrogen-bond donors (Lipinski definition) is 1. The van der Waals surface area contributed by atoms with Crippen LogP contribution in [-0.4, -0.2) is 19.9 Å². The molecule has 2 rings (SSSR count). The summed E-state index contributed by atoms with van der Waals surface area (Å²) < 4.78 is 0. The van der Waals surface area contributed by atoms with Crippen LogP contribution in [-0.2, 0) is 6.54 Å². The van der Waals surface area contributed by atoms with Crippen LogP contribution >= 0.6 is 11.6 Å². The Labute approximate surface area is 126 Å². The lowest BCUT2D eigenvalue weighted by molar-refractivity contribution is -0.385. The Morgan fingerprint density at radius 3 is 2.67 bits per heavy atom. The molecule has 7 nitrogen and oxygen atoms in total. The second-order valence-corrected chi connectivity index (χ2v) is 4.98. The molecule has 0 saturated heterocycles. The summed E-state index contributed by atoms with van der Waals surface area (Å²) in [4.78, 5) is 22.8. The monoisotopic (exact) mass is 307 g/mol. The summed E-state index contributed by atoms with van der Waals surface area (Å²) in [5.41, 5.74) is 2.07. The van der Waals surface area contributed by atoms with E-state index in [1.807, 2.05) is 6.92 Å². The molecule has 2 aromatic heterocycles. The fourth-order valence-corrected chi connectivity index (χ4v) is 2.18. The first-order valence-electron chi connectivity index (χ1n) is 6.23. The normalized spacial score (nSPS) is 10.5. The van der Waals surface area contributed by atoms with Crippen LogP contribution in [0.1, 0.15) is 22.6 Å². The molecule has 0 spiro atoms. The minimum absolute atomic E-state index is 0.111. The van der Waals surface area contributed by atoms with E-state index in [9.17, 15) is 10.1 Å². The topological polar surface area (TPSA) is 93.8 Å². The maximum atomic E-state index is 11.1. The van der Waals surface area contributed by atoms with Gasteiger partial charge in [-0.2, -0.15) is 0 Å². The zero-order valence-electron chi connectivity index (χ0n) is 11.8. The van der Waals surface area contributed by atoms with E-state index in [0.29, 0.717) is 23.2 Å². The zero-order valence-corrected chi connectivity index (χ0v) is 12.6. The van der Waals surface area contributed by atoms with Crippen molar-refractivity contribution in [3.63, 3.8) is 0 Å². The van der Waals surface area contributed by atoms with E-state index >= 15 is 0 Å². The smallest absolute Gasteiger partial charge is 0.332 e. The van der Waals surface area contributed by atoms with Gasteiger partial charge in [-0.1, -0.05) is 11.6 Å². The van der Waals surface area contributed by atoms with Crippen LogP contribution in [0.5, 0.6) is 0 Å². The molecule has 0 aliphatic heterocycles. The highest BCUT2D eigenvalue weighted by Gasteiger charge is 2.21. The number of aromatic nitrogens is 3. The molecule has 0 fully saturated rings. The van der Waals surface area contributed by atoms with Gasteiger partial charge in [0.25, 0.3) is 0 Å².